The summed E-state index contributed by atoms with van der Waals surface area (Å²) in [6, 6.07) is 3.06. The number of alkyl halides is 3. The van der Waals surface area contributed by atoms with Gasteiger partial charge in [-0.3, -0.25) is 0 Å². The first kappa shape index (κ1) is 25.4. The molecule has 1 aromatic rings. The maximum absolute atomic E-state index is 12.9. The molecule has 1 aliphatic rings. The second kappa shape index (κ2) is 10.7. The number of piperazine rings is 1. The van der Waals surface area contributed by atoms with E-state index in [0.29, 0.717) is 12.5 Å². The number of aryl methyl sites for hydroxylation is 1. The average molecular weight is 438 g/mol. The molecule has 0 radical (unpaired) electrons. The van der Waals surface area contributed by atoms with Crippen LogP contribution in [0.5, 0.6) is 0 Å². The minimum Gasteiger partial charge on any atom is -0.314 e. The molecule has 0 unspecified atom stereocenters. The molecule has 26 heavy (non-hydrogen) atoms. The molecule has 2 rings (SSSR count). The first-order chi connectivity index (χ1) is 11.2. The van der Waals surface area contributed by atoms with Gasteiger partial charge in [-0.05, 0) is 37.6 Å². The number of halogens is 5. The van der Waals surface area contributed by atoms with Crippen molar-refractivity contribution in [2.24, 2.45) is 0 Å². The summed E-state index contributed by atoms with van der Waals surface area (Å²) in [7, 11) is -3.94. The normalized spacial score (nSPS) is 15.8. The van der Waals surface area contributed by atoms with Gasteiger partial charge in [-0.25, -0.2) is 13.1 Å². The second-order valence-electron chi connectivity index (χ2n) is 5.82. The lowest BCUT2D eigenvalue weighted by molar-refractivity contribution is -0.138. The Bertz CT molecular complexity index is 667. The fraction of sp³-hybridized carbons (Fsp3) is 0.600. The van der Waals surface area contributed by atoms with Crippen molar-refractivity contribution in [3.8, 4) is 0 Å². The summed E-state index contributed by atoms with van der Waals surface area (Å²) in [6.45, 7) is 5.91. The zero-order valence-corrected chi connectivity index (χ0v) is 16.8. The van der Waals surface area contributed by atoms with Gasteiger partial charge in [0.05, 0.1) is 10.5 Å². The Morgan fingerprint density at radius 2 is 1.81 bits per heavy atom. The summed E-state index contributed by atoms with van der Waals surface area (Å²) in [5.41, 5.74) is -0.925. The fourth-order valence-electron chi connectivity index (χ4n) is 2.60. The van der Waals surface area contributed by atoms with Crippen LogP contribution in [0.2, 0.25) is 0 Å². The lowest BCUT2D eigenvalue weighted by atomic mass is 10.1. The molecule has 11 heteroatoms. The summed E-state index contributed by atoms with van der Waals surface area (Å²) < 4.78 is 65.4. The quantitative estimate of drug-likeness (QED) is 0.670. The maximum atomic E-state index is 12.9. The van der Waals surface area contributed by atoms with E-state index in [1.54, 1.807) is 0 Å². The van der Waals surface area contributed by atoms with Gasteiger partial charge in [0.15, 0.2) is 0 Å². The Labute approximate surface area is 164 Å². The highest BCUT2D eigenvalue weighted by Crippen LogP contribution is 2.33. The van der Waals surface area contributed by atoms with Crippen molar-refractivity contribution in [3.05, 3.63) is 29.3 Å². The maximum Gasteiger partial charge on any atom is 0.416 e. The second-order valence-corrected chi connectivity index (χ2v) is 7.58. The fourth-order valence-corrected chi connectivity index (χ4v) is 3.70. The van der Waals surface area contributed by atoms with Crippen LogP contribution in [0.1, 0.15) is 17.5 Å². The molecule has 1 fully saturated rings. The van der Waals surface area contributed by atoms with Gasteiger partial charge in [0, 0.05) is 32.7 Å². The lowest BCUT2D eigenvalue weighted by Crippen LogP contribution is -2.44. The summed E-state index contributed by atoms with van der Waals surface area (Å²) in [6.07, 6.45) is -3.96. The van der Waals surface area contributed by atoms with E-state index in [1.165, 1.54) is 19.1 Å². The molecule has 0 atom stereocenters. The van der Waals surface area contributed by atoms with Crippen LogP contribution < -0.4 is 10.0 Å². The van der Waals surface area contributed by atoms with Crippen molar-refractivity contribution < 1.29 is 21.6 Å². The Kier molecular flexibility index (Phi) is 10.4. The van der Waals surface area contributed by atoms with E-state index < -0.39 is 21.8 Å². The molecule has 0 aliphatic carbocycles. The van der Waals surface area contributed by atoms with Crippen LogP contribution in [-0.2, 0) is 16.2 Å². The number of hydrogen-bond acceptors (Lipinski definition) is 4. The zero-order valence-electron chi connectivity index (χ0n) is 14.3. The summed E-state index contributed by atoms with van der Waals surface area (Å²) in [5.74, 6) is 0. The van der Waals surface area contributed by atoms with E-state index in [0.717, 1.165) is 32.7 Å². The van der Waals surface area contributed by atoms with Crippen LogP contribution in [0, 0.1) is 6.92 Å². The van der Waals surface area contributed by atoms with Crippen molar-refractivity contribution >= 4 is 34.8 Å². The number of sulfonamides is 1. The molecule has 1 aromatic carbocycles. The van der Waals surface area contributed by atoms with Crippen LogP contribution in [-0.4, -0.2) is 52.6 Å². The molecule has 0 aromatic heterocycles. The minimum atomic E-state index is -4.57. The molecular formula is C15H24Cl2F3N3O2S. The SMILES string of the molecule is Cc1ccc(S(=O)(=O)NCCCN2CCNCC2)cc1C(F)(F)F.Cl.Cl. The predicted octanol–water partition coefficient (Wildman–Crippen LogP) is 2.43. The van der Waals surface area contributed by atoms with Crippen LogP contribution in [0.3, 0.4) is 0 Å². The molecule has 1 heterocycles. The molecule has 5 nitrogen and oxygen atoms in total. The van der Waals surface area contributed by atoms with E-state index in [9.17, 15) is 21.6 Å². The number of rotatable bonds is 6. The summed E-state index contributed by atoms with van der Waals surface area (Å²) in [4.78, 5) is 1.86. The van der Waals surface area contributed by atoms with Gasteiger partial charge in [-0.2, -0.15) is 13.2 Å². The van der Waals surface area contributed by atoms with Crippen LogP contribution >= 0.6 is 24.8 Å². The van der Waals surface area contributed by atoms with Crippen molar-refractivity contribution in [1.82, 2.24) is 14.9 Å². The molecule has 1 aliphatic heterocycles. The highest BCUT2D eigenvalue weighted by Gasteiger charge is 2.33. The van der Waals surface area contributed by atoms with E-state index in [1.807, 2.05) is 0 Å². The molecular weight excluding hydrogens is 414 g/mol. The summed E-state index contributed by atoms with van der Waals surface area (Å²) >= 11 is 0. The van der Waals surface area contributed by atoms with E-state index in [4.69, 9.17) is 0 Å². The van der Waals surface area contributed by atoms with Crippen molar-refractivity contribution in [2.45, 2.75) is 24.4 Å². The molecule has 0 bridgehead atoms. The number of hydrogen-bond donors (Lipinski definition) is 2. The molecule has 0 spiro atoms. The Hall–Kier alpha value is -0.580. The van der Waals surface area contributed by atoms with Crippen LogP contribution in [0.4, 0.5) is 13.2 Å². The Morgan fingerprint density at radius 3 is 2.38 bits per heavy atom. The van der Waals surface area contributed by atoms with Gasteiger partial charge < -0.3 is 10.2 Å². The number of nitrogens with one attached hydrogen (secondary N) is 2. The molecule has 1 saturated heterocycles. The van der Waals surface area contributed by atoms with Gasteiger partial charge in [0.25, 0.3) is 0 Å². The average Bonchev–Trinajstić information content (AvgIpc) is 2.52. The van der Waals surface area contributed by atoms with E-state index >= 15 is 0 Å². The molecule has 152 valence electrons. The van der Waals surface area contributed by atoms with Crippen molar-refractivity contribution in [3.63, 3.8) is 0 Å². The molecule has 2 N–H and O–H groups in total. The van der Waals surface area contributed by atoms with Crippen LogP contribution in [0.15, 0.2) is 23.1 Å². The highest BCUT2D eigenvalue weighted by molar-refractivity contribution is 7.89. The van der Waals surface area contributed by atoms with Gasteiger partial charge in [-0.1, -0.05) is 6.07 Å². The first-order valence-electron chi connectivity index (χ1n) is 7.81. The number of nitrogens with zero attached hydrogens (tertiary/aromatic N) is 1. The number of benzene rings is 1. The highest BCUT2D eigenvalue weighted by atomic mass is 35.5. The monoisotopic (exact) mass is 437 g/mol. The molecule has 0 saturated carbocycles. The van der Waals surface area contributed by atoms with Crippen molar-refractivity contribution in [2.75, 3.05) is 39.3 Å². The van der Waals surface area contributed by atoms with Gasteiger partial charge in [0.1, 0.15) is 0 Å². The van der Waals surface area contributed by atoms with E-state index in [-0.39, 0.29) is 41.8 Å². The first-order valence-corrected chi connectivity index (χ1v) is 9.29. The van der Waals surface area contributed by atoms with Crippen molar-refractivity contribution in [1.29, 1.82) is 0 Å². The largest absolute Gasteiger partial charge is 0.416 e. The van der Waals surface area contributed by atoms with E-state index in [2.05, 4.69) is 14.9 Å². The zero-order chi connectivity index (χ0) is 17.8. The smallest absolute Gasteiger partial charge is 0.314 e. The Morgan fingerprint density at radius 1 is 1.19 bits per heavy atom. The predicted molar refractivity (Wildman–Crippen MR) is 99.8 cm³/mol. The third-order valence-electron chi connectivity index (χ3n) is 3.98. The van der Waals surface area contributed by atoms with Gasteiger partial charge in [-0.15, -0.1) is 24.8 Å². The molecule has 0 amide bonds. The lowest BCUT2D eigenvalue weighted by Gasteiger charge is -2.27. The van der Waals surface area contributed by atoms with Crippen LogP contribution in [0.25, 0.3) is 0 Å². The van der Waals surface area contributed by atoms with Gasteiger partial charge in [0.2, 0.25) is 10.0 Å². The minimum absolute atomic E-state index is 0. The Balaban J connectivity index is 0.00000312. The summed E-state index contributed by atoms with van der Waals surface area (Å²) in [5, 5.41) is 3.23. The third kappa shape index (κ3) is 7.21. The standard InChI is InChI=1S/C15H22F3N3O2S.2ClH/c1-12-3-4-13(11-14(12)15(16,17)18)24(22,23)20-5-2-8-21-9-6-19-7-10-21;;/h3-4,11,19-20H,2,5-10H2,1H3;2*1H. The van der Waals surface area contributed by atoms with Gasteiger partial charge >= 0.3 is 6.18 Å². The topological polar surface area (TPSA) is 61.4 Å². The third-order valence-corrected chi connectivity index (χ3v) is 5.44.